The van der Waals surface area contributed by atoms with Crippen LogP contribution in [-0.2, 0) is 0 Å². The van der Waals surface area contributed by atoms with Crippen LogP contribution in [0.25, 0.3) is 0 Å². The summed E-state index contributed by atoms with van der Waals surface area (Å²) in [6.45, 7) is 6.22. The lowest BCUT2D eigenvalue weighted by Crippen LogP contribution is -2.45. The standard InChI is InChI=1S/C10H18O2/c1-9(2)6-4-10(3,8(9)12)5-7(6)11/h6-8,11-12H,4-5H2,1-3H3/t6-,7-,8+,10+/m0/s1. The zero-order valence-electron chi connectivity index (χ0n) is 8.04. The molecular formula is C10H18O2. The third-order valence-electron chi connectivity index (χ3n) is 4.15. The summed E-state index contributed by atoms with van der Waals surface area (Å²) in [6, 6.07) is 0. The summed E-state index contributed by atoms with van der Waals surface area (Å²) in [5.41, 5.74) is -0.111. The van der Waals surface area contributed by atoms with Gasteiger partial charge in [-0.2, -0.15) is 0 Å². The van der Waals surface area contributed by atoms with Crippen LogP contribution in [0.15, 0.2) is 0 Å². The van der Waals surface area contributed by atoms with E-state index in [-0.39, 0.29) is 23.0 Å². The maximum absolute atomic E-state index is 10.0. The minimum absolute atomic E-state index is 0.0203. The fraction of sp³-hybridized carbons (Fsp3) is 1.00. The minimum atomic E-state index is -0.238. The van der Waals surface area contributed by atoms with Crippen LogP contribution in [0, 0.1) is 16.7 Å². The number of aliphatic hydroxyl groups excluding tert-OH is 2. The van der Waals surface area contributed by atoms with Gasteiger partial charge in [0.25, 0.3) is 0 Å². The molecule has 2 bridgehead atoms. The Labute approximate surface area is 73.6 Å². The van der Waals surface area contributed by atoms with E-state index in [0.29, 0.717) is 5.92 Å². The highest BCUT2D eigenvalue weighted by molar-refractivity contribution is 5.12. The van der Waals surface area contributed by atoms with Crippen molar-refractivity contribution in [3.8, 4) is 0 Å². The van der Waals surface area contributed by atoms with E-state index >= 15 is 0 Å². The van der Waals surface area contributed by atoms with E-state index in [0.717, 1.165) is 12.8 Å². The van der Waals surface area contributed by atoms with Crippen LogP contribution in [0.2, 0.25) is 0 Å². The Balaban J connectivity index is 2.36. The zero-order chi connectivity index (χ0) is 9.15. The molecule has 0 aromatic carbocycles. The Hall–Kier alpha value is -0.0800. The van der Waals surface area contributed by atoms with Crippen molar-refractivity contribution in [2.75, 3.05) is 0 Å². The van der Waals surface area contributed by atoms with E-state index in [1.165, 1.54) is 0 Å². The molecule has 12 heavy (non-hydrogen) atoms. The molecule has 0 amide bonds. The molecule has 2 N–H and O–H groups in total. The van der Waals surface area contributed by atoms with Crippen molar-refractivity contribution in [1.82, 2.24) is 0 Å². The summed E-state index contributed by atoms with van der Waals surface area (Å²) in [5, 5.41) is 19.7. The van der Waals surface area contributed by atoms with Crippen molar-refractivity contribution in [3.05, 3.63) is 0 Å². The third-order valence-corrected chi connectivity index (χ3v) is 4.15. The molecule has 0 aromatic rings. The van der Waals surface area contributed by atoms with Crippen LogP contribution >= 0.6 is 0 Å². The molecule has 2 fully saturated rings. The first kappa shape index (κ1) is 8.52. The van der Waals surface area contributed by atoms with Gasteiger partial charge in [-0.1, -0.05) is 20.8 Å². The van der Waals surface area contributed by atoms with Gasteiger partial charge >= 0.3 is 0 Å². The number of aliphatic hydroxyl groups is 2. The summed E-state index contributed by atoms with van der Waals surface area (Å²) in [6.07, 6.45) is 1.34. The van der Waals surface area contributed by atoms with E-state index in [2.05, 4.69) is 20.8 Å². The number of hydrogen-bond acceptors (Lipinski definition) is 2. The molecule has 2 rings (SSSR count). The van der Waals surface area contributed by atoms with Gasteiger partial charge in [-0.3, -0.25) is 0 Å². The molecule has 0 radical (unpaired) electrons. The average Bonchev–Trinajstić information content (AvgIpc) is 2.32. The van der Waals surface area contributed by atoms with Crippen LogP contribution in [0.4, 0.5) is 0 Å². The van der Waals surface area contributed by atoms with Crippen molar-refractivity contribution in [3.63, 3.8) is 0 Å². The average molecular weight is 170 g/mol. The molecule has 0 saturated heterocycles. The van der Waals surface area contributed by atoms with Crippen molar-refractivity contribution >= 4 is 0 Å². The van der Waals surface area contributed by atoms with E-state index in [1.807, 2.05) is 0 Å². The van der Waals surface area contributed by atoms with Crippen molar-refractivity contribution in [2.24, 2.45) is 16.7 Å². The molecule has 0 spiro atoms. The van der Waals surface area contributed by atoms with Crippen LogP contribution in [0.3, 0.4) is 0 Å². The SMILES string of the molecule is CC1(C)[C@@H](O)[C@@]2(C)C[C@H](O)[C@@H]1C2. The Morgan fingerprint density at radius 3 is 2.00 bits per heavy atom. The third kappa shape index (κ3) is 0.775. The molecule has 4 atom stereocenters. The predicted molar refractivity (Wildman–Crippen MR) is 46.6 cm³/mol. The second-order valence-electron chi connectivity index (χ2n) is 5.46. The number of rotatable bonds is 0. The first-order valence-electron chi connectivity index (χ1n) is 4.74. The Morgan fingerprint density at radius 1 is 1.08 bits per heavy atom. The van der Waals surface area contributed by atoms with Gasteiger partial charge in [0.15, 0.2) is 0 Å². The van der Waals surface area contributed by atoms with Gasteiger partial charge in [0.2, 0.25) is 0 Å². The summed E-state index contributed by atoms with van der Waals surface area (Å²) < 4.78 is 0. The second kappa shape index (κ2) is 2.05. The molecule has 0 unspecified atom stereocenters. The lowest BCUT2D eigenvalue weighted by Gasteiger charge is -2.41. The smallest absolute Gasteiger partial charge is 0.0649 e. The molecule has 0 heterocycles. The highest BCUT2D eigenvalue weighted by atomic mass is 16.3. The quantitative estimate of drug-likeness (QED) is 0.573. The number of hydrogen-bond donors (Lipinski definition) is 2. The molecule has 2 aliphatic rings. The molecule has 2 nitrogen and oxygen atoms in total. The summed E-state index contributed by atoms with van der Waals surface area (Å²) >= 11 is 0. The van der Waals surface area contributed by atoms with E-state index in [1.54, 1.807) is 0 Å². The van der Waals surface area contributed by atoms with Gasteiger partial charge in [0, 0.05) is 0 Å². The topological polar surface area (TPSA) is 40.5 Å². The summed E-state index contributed by atoms with van der Waals surface area (Å²) in [5.74, 6) is 0.303. The number of fused-ring (bicyclic) bond motifs is 2. The fourth-order valence-electron chi connectivity index (χ4n) is 3.42. The van der Waals surface area contributed by atoms with Gasteiger partial charge < -0.3 is 10.2 Å². The summed E-state index contributed by atoms with van der Waals surface area (Å²) in [7, 11) is 0. The molecule has 2 heteroatoms. The monoisotopic (exact) mass is 170 g/mol. The van der Waals surface area contributed by atoms with Crippen LogP contribution < -0.4 is 0 Å². The Bertz CT molecular complexity index is 207. The maximum Gasteiger partial charge on any atom is 0.0649 e. The zero-order valence-corrected chi connectivity index (χ0v) is 8.04. The molecular weight excluding hydrogens is 152 g/mol. The highest BCUT2D eigenvalue weighted by Crippen LogP contribution is 2.62. The van der Waals surface area contributed by atoms with Crippen LogP contribution in [0.1, 0.15) is 33.6 Å². The van der Waals surface area contributed by atoms with Crippen molar-refractivity contribution in [2.45, 2.75) is 45.8 Å². The summed E-state index contributed by atoms with van der Waals surface area (Å²) in [4.78, 5) is 0. The lowest BCUT2D eigenvalue weighted by atomic mass is 9.69. The van der Waals surface area contributed by atoms with Gasteiger partial charge in [0.1, 0.15) is 0 Å². The van der Waals surface area contributed by atoms with E-state index in [4.69, 9.17) is 0 Å². The second-order valence-corrected chi connectivity index (χ2v) is 5.46. The molecule has 2 aliphatic carbocycles. The van der Waals surface area contributed by atoms with Crippen LogP contribution in [-0.4, -0.2) is 22.4 Å². The largest absolute Gasteiger partial charge is 0.393 e. The maximum atomic E-state index is 10.0. The highest BCUT2D eigenvalue weighted by Gasteiger charge is 2.62. The Kier molecular flexibility index (Phi) is 1.45. The van der Waals surface area contributed by atoms with E-state index < -0.39 is 0 Å². The predicted octanol–water partition coefficient (Wildman–Crippen LogP) is 1.16. The van der Waals surface area contributed by atoms with Crippen LogP contribution in [0.5, 0.6) is 0 Å². The molecule has 70 valence electrons. The molecule has 2 saturated carbocycles. The molecule has 0 aromatic heterocycles. The van der Waals surface area contributed by atoms with E-state index in [9.17, 15) is 10.2 Å². The van der Waals surface area contributed by atoms with Gasteiger partial charge in [-0.25, -0.2) is 0 Å². The van der Waals surface area contributed by atoms with Gasteiger partial charge in [-0.05, 0) is 29.6 Å². The fourth-order valence-corrected chi connectivity index (χ4v) is 3.42. The van der Waals surface area contributed by atoms with Crippen molar-refractivity contribution in [1.29, 1.82) is 0 Å². The Morgan fingerprint density at radius 2 is 1.67 bits per heavy atom. The van der Waals surface area contributed by atoms with Crippen molar-refractivity contribution < 1.29 is 10.2 Å². The normalized spacial score (nSPS) is 56.2. The minimum Gasteiger partial charge on any atom is -0.393 e. The molecule has 0 aliphatic heterocycles. The first-order valence-corrected chi connectivity index (χ1v) is 4.74. The lowest BCUT2D eigenvalue weighted by molar-refractivity contribution is -0.0783. The first-order chi connectivity index (χ1) is 5.38. The van der Waals surface area contributed by atoms with Gasteiger partial charge in [-0.15, -0.1) is 0 Å². The van der Waals surface area contributed by atoms with Gasteiger partial charge in [0.05, 0.1) is 12.2 Å².